The van der Waals surface area contributed by atoms with Crippen molar-refractivity contribution >= 4 is 5.91 Å². The number of carbonyl (C=O) groups excluding carboxylic acids is 1. The Morgan fingerprint density at radius 2 is 0.816 bits per heavy atom. The Hall–Kier alpha value is -5.49. The summed E-state index contributed by atoms with van der Waals surface area (Å²) in [5, 5.41) is 3.58. The molecule has 9 heteroatoms. The van der Waals surface area contributed by atoms with Crippen molar-refractivity contribution in [3.05, 3.63) is 215 Å². The van der Waals surface area contributed by atoms with Gasteiger partial charge in [-0.3, -0.25) is 4.79 Å². The van der Waals surface area contributed by atoms with Crippen LogP contribution in [0.5, 0.6) is 0 Å². The second-order valence-electron chi connectivity index (χ2n) is 24.4. The number of carbonyl (C=O) groups is 1. The Kier molecular flexibility index (Phi) is 34.3. The molecule has 1 amide bonds. The lowest BCUT2D eigenvalue weighted by molar-refractivity contribution is -0.234. The molecular weight excluding hydrogens is 1080 g/mol. The minimum absolute atomic E-state index is 0.00113. The standard InChI is InChI=1S/C78H107NO8/c1-3-4-5-6-7-8-9-10-11-15-18-39-54-72(82-57-65-44-29-21-30-45-65)76(85-59-67-48-33-23-34-49-67)71(79-74(80)55-40-19-16-13-12-14-17-26-41-64-42-27-20-28-43-64)63-83-73-56-70(62-81-2)75(84-58-66-46-31-22-32-47-66)78(87-61-69-52-37-25-38-53-69)77(73)86-60-68-50-35-24-36-51-68/h20-25,27-38,42-53,70-73,75-78H,3-19,26,39-41,54-63H2,1-2H3,(H,79,80)/t70-,71+,72-,73+,75+,76+,77+,78+/m1/s1. The van der Waals surface area contributed by atoms with Crippen molar-refractivity contribution in [2.75, 3.05) is 20.3 Å². The first-order chi connectivity index (χ1) is 43.1. The SMILES string of the molecule is CCCCCCCCCCCCCC[C@@H](OCc1ccccc1)[C@@H](OCc1ccccc1)[C@H](CO[C@H]1C[C@H](COC)[C@H](OCc2ccccc2)[C@H](OCc2ccccc2)[C@H]1OCc1ccccc1)NC(=O)CCCCCCCCCCc1ccccc1. The summed E-state index contributed by atoms with van der Waals surface area (Å²) in [6.45, 7) is 4.77. The summed E-state index contributed by atoms with van der Waals surface area (Å²) in [6.07, 6.45) is 24.3. The average molecular weight is 1190 g/mol. The highest BCUT2D eigenvalue weighted by Gasteiger charge is 2.48. The van der Waals surface area contributed by atoms with E-state index in [1.807, 2.05) is 66.7 Å². The summed E-state index contributed by atoms with van der Waals surface area (Å²) >= 11 is 0. The van der Waals surface area contributed by atoms with Crippen molar-refractivity contribution in [3.63, 3.8) is 0 Å². The van der Waals surface area contributed by atoms with Gasteiger partial charge in [0, 0.05) is 19.4 Å². The highest BCUT2D eigenvalue weighted by Crippen LogP contribution is 2.36. The Morgan fingerprint density at radius 3 is 1.29 bits per heavy atom. The zero-order valence-corrected chi connectivity index (χ0v) is 53.1. The number of rotatable bonds is 47. The molecule has 0 aliphatic heterocycles. The van der Waals surface area contributed by atoms with Gasteiger partial charge in [0.1, 0.15) is 18.3 Å². The zero-order valence-electron chi connectivity index (χ0n) is 53.1. The summed E-state index contributed by atoms with van der Waals surface area (Å²) < 4.78 is 49.1. The van der Waals surface area contributed by atoms with Crippen molar-refractivity contribution in [2.24, 2.45) is 5.92 Å². The third-order valence-corrected chi connectivity index (χ3v) is 17.2. The molecule has 1 saturated carbocycles. The van der Waals surface area contributed by atoms with E-state index in [0.29, 0.717) is 52.5 Å². The summed E-state index contributed by atoms with van der Waals surface area (Å²) in [4.78, 5) is 14.7. The first kappa shape index (κ1) is 69.0. The molecule has 0 radical (unpaired) electrons. The van der Waals surface area contributed by atoms with Gasteiger partial charge in [-0.05, 0) is 65.5 Å². The van der Waals surface area contributed by atoms with E-state index in [9.17, 15) is 4.79 Å². The number of unbranched alkanes of at least 4 members (excludes halogenated alkanes) is 18. The number of hydrogen-bond acceptors (Lipinski definition) is 8. The number of hydrogen-bond donors (Lipinski definition) is 1. The molecule has 8 atom stereocenters. The van der Waals surface area contributed by atoms with E-state index in [-0.39, 0.29) is 24.5 Å². The van der Waals surface area contributed by atoms with Crippen molar-refractivity contribution < 1.29 is 38.0 Å². The van der Waals surface area contributed by atoms with Gasteiger partial charge >= 0.3 is 0 Å². The number of benzene rings is 6. The van der Waals surface area contributed by atoms with E-state index < -0.39 is 36.6 Å². The zero-order chi connectivity index (χ0) is 60.5. The predicted octanol–water partition coefficient (Wildman–Crippen LogP) is 18.3. The quantitative estimate of drug-likeness (QED) is 0.0378. The molecule has 1 fully saturated rings. The van der Waals surface area contributed by atoms with Gasteiger partial charge in [-0.2, -0.15) is 0 Å². The second kappa shape index (κ2) is 43.2. The number of amides is 1. The second-order valence-corrected chi connectivity index (χ2v) is 24.4. The molecule has 87 heavy (non-hydrogen) atoms. The lowest BCUT2D eigenvalue weighted by Crippen LogP contribution is -2.59. The molecule has 6 aromatic carbocycles. The maximum atomic E-state index is 14.7. The van der Waals surface area contributed by atoms with E-state index in [4.69, 9.17) is 33.2 Å². The van der Waals surface area contributed by atoms with Crippen LogP contribution in [0, 0.1) is 5.92 Å². The van der Waals surface area contributed by atoms with E-state index in [2.05, 4.69) is 128 Å². The van der Waals surface area contributed by atoms with E-state index >= 15 is 0 Å². The lowest BCUT2D eigenvalue weighted by atomic mass is 9.80. The number of aryl methyl sites for hydroxylation is 1. The van der Waals surface area contributed by atoms with Crippen LogP contribution in [0.3, 0.4) is 0 Å². The van der Waals surface area contributed by atoms with Crippen LogP contribution in [0.15, 0.2) is 182 Å². The van der Waals surface area contributed by atoms with Crippen LogP contribution in [-0.2, 0) is 77.4 Å². The fourth-order valence-corrected chi connectivity index (χ4v) is 12.3. The molecule has 1 N–H and O–H groups in total. The molecule has 9 nitrogen and oxygen atoms in total. The van der Waals surface area contributed by atoms with Gasteiger partial charge in [0.15, 0.2) is 0 Å². The first-order valence-electron chi connectivity index (χ1n) is 33.8. The Labute approximate surface area is 525 Å². The number of nitrogens with one attached hydrogen (secondary N) is 1. The van der Waals surface area contributed by atoms with Gasteiger partial charge in [0.25, 0.3) is 0 Å². The van der Waals surface area contributed by atoms with Crippen LogP contribution in [-0.4, -0.2) is 68.9 Å². The average Bonchev–Trinajstić information content (AvgIpc) is 1.73. The fourth-order valence-electron chi connectivity index (χ4n) is 12.3. The maximum Gasteiger partial charge on any atom is 0.220 e. The molecule has 0 spiro atoms. The highest BCUT2D eigenvalue weighted by molar-refractivity contribution is 5.76. The van der Waals surface area contributed by atoms with Crippen molar-refractivity contribution in [3.8, 4) is 0 Å². The lowest BCUT2D eigenvalue weighted by Gasteiger charge is -2.46. The van der Waals surface area contributed by atoms with E-state index in [1.165, 1.54) is 102 Å². The Morgan fingerprint density at radius 1 is 0.425 bits per heavy atom. The van der Waals surface area contributed by atoms with E-state index in [1.54, 1.807) is 7.11 Å². The molecule has 0 aromatic heterocycles. The fraction of sp³-hybridized carbons (Fsp3) is 0.526. The molecular formula is C78H107NO8. The minimum Gasteiger partial charge on any atom is -0.384 e. The van der Waals surface area contributed by atoms with Gasteiger partial charge < -0.3 is 38.5 Å². The molecule has 1 aliphatic carbocycles. The van der Waals surface area contributed by atoms with Gasteiger partial charge in [-0.1, -0.05) is 304 Å². The van der Waals surface area contributed by atoms with Gasteiger partial charge in [0.2, 0.25) is 5.91 Å². The van der Waals surface area contributed by atoms with Crippen LogP contribution in [0.2, 0.25) is 0 Å². The predicted molar refractivity (Wildman–Crippen MR) is 354 cm³/mol. The summed E-state index contributed by atoms with van der Waals surface area (Å²) in [5.74, 6) is -0.109. The smallest absolute Gasteiger partial charge is 0.220 e. The highest BCUT2D eigenvalue weighted by atomic mass is 16.6. The maximum absolute atomic E-state index is 14.7. The van der Waals surface area contributed by atoms with Crippen molar-refractivity contribution in [1.29, 1.82) is 0 Å². The Balaban J connectivity index is 1.14. The molecule has 7 rings (SSSR count). The van der Waals surface area contributed by atoms with Crippen molar-refractivity contribution in [1.82, 2.24) is 5.32 Å². The third-order valence-electron chi connectivity index (χ3n) is 17.2. The molecule has 6 aromatic rings. The summed E-state index contributed by atoms with van der Waals surface area (Å²) in [5.41, 5.74) is 6.75. The van der Waals surface area contributed by atoms with Crippen LogP contribution in [0.1, 0.15) is 188 Å². The van der Waals surface area contributed by atoms with E-state index in [0.717, 1.165) is 72.8 Å². The summed E-state index contributed by atoms with van der Waals surface area (Å²) in [7, 11) is 1.75. The largest absolute Gasteiger partial charge is 0.384 e. The van der Waals surface area contributed by atoms with Crippen LogP contribution >= 0.6 is 0 Å². The Bertz CT molecular complexity index is 2590. The molecule has 0 bridgehead atoms. The first-order valence-corrected chi connectivity index (χ1v) is 33.8. The van der Waals surface area contributed by atoms with Crippen LogP contribution in [0.4, 0.5) is 0 Å². The van der Waals surface area contributed by atoms with Gasteiger partial charge in [-0.25, -0.2) is 0 Å². The molecule has 1 aliphatic rings. The molecule has 472 valence electrons. The monoisotopic (exact) mass is 1190 g/mol. The molecule has 0 heterocycles. The molecule has 0 saturated heterocycles. The number of ether oxygens (including phenoxy) is 7. The normalized spacial score (nSPS) is 17.8. The minimum atomic E-state index is -0.568. The molecule has 0 unspecified atom stereocenters. The number of methoxy groups -OCH3 is 1. The van der Waals surface area contributed by atoms with Crippen LogP contribution < -0.4 is 5.32 Å². The third kappa shape index (κ3) is 27.4. The van der Waals surface area contributed by atoms with Crippen LogP contribution in [0.25, 0.3) is 0 Å². The topological polar surface area (TPSA) is 93.7 Å². The van der Waals surface area contributed by atoms with Crippen molar-refractivity contribution in [2.45, 2.75) is 237 Å². The van der Waals surface area contributed by atoms with Gasteiger partial charge in [-0.15, -0.1) is 0 Å². The summed E-state index contributed by atoms with van der Waals surface area (Å²) in [6, 6.07) is 61.9. The van der Waals surface area contributed by atoms with Gasteiger partial charge in [0.05, 0.1) is 70.6 Å².